The number of rotatable bonds is 4. The highest BCUT2D eigenvalue weighted by Crippen LogP contribution is 2.41. The first-order chi connectivity index (χ1) is 6.92. The van der Waals surface area contributed by atoms with Crippen molar-refractivity contribution in [1.29, 1.82) is 0 Å². The molecule has 1 aliphatic carbocycles. The standard InChI is InChI=1S/C12H23NS/c1-13-9-11(12-7-8-14-12)10-5-3-2-4-6-10/h10-13H,2-9H2,1H3. The van der Waals surface area contributed by atoms with E-state index >= 15 is 0 Å². The van der Waals surface area contributed by atoms with Gasteiger partial charge in [0.15, 0.2) is 0 Å². The van der Waals surface area contributed by atoms with Crippen molar-refractivity contribution < 1.29 is 0 Å². The van der Waals surface area contributed by atoms with Crippen LogP contribution in [0.25, 0.3) is 0 Å². The fraction of sp³-hybridized carbons (Fsp3) is 1.00. The SMILES string of the molecule is CNCC(C1CCCCC1)C1CCS1. The Kier molecular flexibility index (Phi) is 4.18. The normalized spacial score (nSPS) is 31.1. The minimum absolute atomic E-state index is 0.971. The lowest BCUT2D eigenvalue weighted by Gasteiger charge is -2.39. The van der Waals surface area contributed by atoms with Gasteiger partial charge in [-0.3, -0.25) is 0 Å². The number of hydrogen-bond donors (Lipinski definition) is 1. The van der Waals surface area contributed by atoms with Crippen molar-refractivity contribution in [1.82, 2.24) is 5.32 Å². The topological polar surface area (TPSA) is 12.0 Å². The average molecular weight is 213 g/mol. The molecule has 0 spiro atoms. The van der Waals surface area contributed by atoms with E-state index in [-0.39, 0.29) is 0 Å². The van der Waals surface area contributed by atoms with Gasteiger partial charge >= 0.3 is 0 Å². The van der Waals surface area contributed by atoms with Gasteiger partial charge in [0, 0.05) is 5.25 Å². The molecule has 0 amide bonds. The molecule has 1 nitrogen and oxygen atoms in total. The molecule has 2 atom stereocenters. The summed E-state index contributed by atoms with van der Waals surface area (Å²) in [4.78, 5) is 0. The van der Waals surface area contributed by atoms with Crippen molar-refractivity contribution in [3.8, 4) is 0 Å². The minimum atomic E-state index is 0.971. The van der Waals surface area contributed by atoms with E-state index in [1.54, 1.807) is 0 Å². The van der Waals surface area contributed by atoms with Crippen LogP contribution < -0.4 is 5.32 Å². The molecule has 1 saturated heterocycles. The Labute approximate surface area is 92.4 Å². The minimum Gasteiger partial charge on any atom is -0.319 e. The van der Waals surface area contributed by atoms with Crippen LogP contribution >= 0.6 is 11.8 Å². The molecule has 82 valence electrons. The van der Waals surface area contributed by atoms with Crippen molar-refractivity contribution >= 4 is 11.8 Å². The van der Waals surface area contributed by atoms with Crippen LogP contribution in [0.5, 0.6) is 0 Å². The zero-order valence-electron chi connectivity index (χ0n) is 9.30. The molecule has 2 unspecified atom stereocenters. The molecular weight excluding hydrogens is 190 g/mol. The molecule has 1 saturated carbocycles. The number of hydrogen-bond acceptors (Lipinski definition) is 2. The summed E-state index contributed by atoms with van der Waals surface area (Å²) in [6.07, 6.45) is 8.95. The fourth-order valence-corrected chi connectivity index (χ4v) is 4.06. The molecule has 0 aromatic carbocycles. The van der Waals surface area contributed by atoms with E-state index in [1.807, 2.05) is 0 Å². The lowest BCUT2D eigenvalue weighted by atomic mass is 9.77. The second kappa shape index (κ2) is 5.41. The van der Waals surface area contributed by atoms with Gasteiger partial charge in [0.2, 0.25) is 0 Å². The van der Waals surface area contributed by atoms with E-state index in [1.165, 1.54) is 50.8 Å². The third kappa shape index (κ3) is 2.46. The molecular formula is C12H23NS. The maximum absolute atomic E-state index is 3.40. The average Bonchev–Trinajstić information content (AvgIpc) is 2.16. The molecule has 0 aromatic heterocycles. The van der Waals surface area contributed by atoms with Crippen molar-refractivity contribution in [3.05, 3.63) is 0 Å². The molecule has 0 bridgehead atoms. The summed E-state index contributed by atoms with van der Waals surface area (Å²) in [5.74, 6) is 3.42. The van der Waals surface area contributed by atoms with Gasteiger partial charge in [-0.25, -0.2) is 0 Å². The number of thioether (sulfide) groups is 1. The maximum Gasteiger partial charge on any atom is 0.00979 e. The summed E-state index contributed by atoms with van der Waals surface area (Å²) in [7, 11) is 2.11. The predicted molar refractivity (Wildman–Crippen MR) is 64.9 cm³/mol. The maximum atomic E-state index is 3.40. The van der Waals surface area contributed by atoms with Crippen LogP contribution in [-0.2, 0) is 0 Å². The van der Waals surface area contributed by atoms with Gasteiger partial charge in [-0.2, -0.15) is 11.8 Å². The van der Waals surface area contributed by atoms with Gasteiger partial charge in [0.05, 0.1) is 0 Å². The second-order valence-electron chi connectivity index (χ2n) is 4.82. The van der Waals surface area contributed by atoms with Crippen molar-refractivity contribution in [2.75, 3.05) is 19.3 Å². The first-order valence-electron chi connectivity index (χ1n) is 6.18. The van der Waals surface area contributed by atoms with Gasteiger partial charge in [-0.15, -0.1) is 0 Å². The summed E-state index contributed by atoms with van der Waals surface area (Å²) >= 11 is 2.21. The summed E-state index contributed by atoms with van der Waals surface area (Å²) in [5.41, 5.74) is 0. The zero-order valence-corrected chi connectivity index (χ0v) is 10.1. The Morgan fingerprint density at radius 2 is 1.93 bits per heavy atom. The Morgan fingerprint density at radius 3 is 2.43 bits per heavy atom. The highest BCUT2D eigenvalue weighted by molar-refractivity contribution is 8.01. The summed E-state index contributed by atoms with van der Waals surface area (Å²) in [6, 6.07) is 0. The molecule has 2 heteroatoms. The molecule has 2 aliphatic rings. The third-order valence-electron chi connectivity index (χ3n) is 3.91. The molecule has 0 aromatic rings. The van der Waals surface area contributed by atoms with Crippen LogP contribution in [0.4, 0.5) is 0 Å². The van der Waals surface area contributed by atoms with E-state index in [2.05, 4.69) is 24.1 Å². The van der Waals surface area contributed by atoms with Crippen molar-refractivity contribution in [2.24, 2.45) is 11.8 Å². The van der Waals surface area contributed by atoms with Crippen molar-refractivity contribution in [2.45, 2.75) is 43.8 Å². The monoisotopic (exact) mass is 213 g/mol. The fourth-order valence-electron chi connectivity index (χ4n) is 2.99. The van der Waals surface area contributed by atoms with Gasteiger partial charge in [-0.1, -0.05) is 32.1 Å². The lowest BCUT2D eigenvalue weighted by molar-refractivity contribution is 0.233. The highest BCUT2D eigenvalue weighted by Gasteiger charge is 2.33. The summed E-state index contributed by atoms with van der Waals surface area (Å²) in [6.45, 7) is 1.25. The van der Waals surface area contributed by atoms with E-state index in [9.17, 15) is 0 Å². The largest absolute Gasteiger partial charge is 0.319 e. The zero-order chi connectivity index (χ0) is 9.80. The van der Waals surface area contributed by atoms with E-state index in [0.717, 1.165) is 17.1 Å². The van der Waals surface area contributed by atoms with Gasteiger partial charge in [0.1, 0.15) is 0 Å². The Balaban J connectivity index is 1.86. The van der Waals surface area contributed by atoms with Crippen LogP contribution in [0, 0.1) is 11.8 Å². The molecule has 2 rings (SSSR count). The van der Waals surface area contributed by atoms with Crippen LogP contribution in [0.1, 0.15) is 38.5 Å². The smallest absolute Gasteiger partial charge is 0.00979 e. The molecule has 1 heterocycles. The predicted octanol–water partition coefficient (Wildman–Crippen LogP) is 2.91. The Morgan fingerprint density at radius 1 is 1.21 bits per heavy atom. The van der Waals surface area contributed by atoms with Crippen molar-refractivity contribution in [3.63, 3.8) is 0 Å². The molecule has 2 fully saturated rings. The molecule has 14 heavy (non-hydrogen) atoms. The first-order valence-corrected chi connectivity index (χ1v) is 7.23. The lowest BCUT2D eigenvalue weighted by Crippen LogP contribution is -2.38. The third-order valence-corrected chi connectivity index (χ3v) is 5.39. The Hall–Kier alpha value is 0.310. The Bertz CT molecular complexity index is 162. The summed E-state index contributed by atoms with van der Waals surface area (Å²) < 4.78 is 0. The second-order valence-corrected chi connectivity index (χ2v) is 6.16. The van der Waals surface area contributed by atoms with Crippen LogP contribution in [0.3, 0.4) is 0 Å². The van der Waals surface area contributed by atoms with E-state index in [0.29, 0.717) is 0 Å². The first kappa shape index (κ1) is 10.8. The van der Waals surface area contributed by atoms with Gasteiger partial charge in [-0.05, 0) is 37.6 Å². The molecule has 0 radical (unpaired) electrons. The number of nitrogens with one attached hydrogen (secondary N) is 1. The van der Waals surface area contributed by atoms with Crippen LogP contribution in [0.15, 0.2) is 0 Å². The van der Waals surface area contributed by atoms with Gasteiger partial charge < -0.3 is 5.32 Å². The van der Waals surface area contributed by atoms with Crippen LogP contribution in [0.2, 0.25) is 0 Å². The van der Waals surface area contributed by atoms with Gasteiger partial charge in [0.25, 0.3) is 0 Å². The summed E-state index contributed by atoms with van der Waals surface area (Å²) in [5, 5.41) is 4.39. The van der Waals surface area contributed by atoms with E-state index in [4.69, 9.17) is 0 Å². The highest BCUT2D eigenvalue weighted by atomic mass is 32.2. The molecule has 1 aliphatic heterocycles. The molecule has 1 N–H and O–H groups in total. The van der Waals surface area contributed by atoms with Crippen LogP contribution in [-0.4, -0.2) is 24.6 Å². The quantitative estimate of drug-likeness (QED) is 0.770. The van der Waals surface area contributed by atoms with E-state index < -0.39 is 0 Å².